The first-order chi connectivity index (χ1) is 28.9. The van der Waals surface area contributed by atoms with E-state index in [1.165, 1.54) is 13.8 Å². The molecule has 1 fully saturated rings. The number of hydrogen-bond donors (Lipinski definition) is 10. The van der Waals surface area contributed by atoms with Crippen LogP contribution < -0.4 is 16.4 Å². The van der Waals surface area contributed by atoms with E-state index in [2.05, 4.69) is 34.4 Å². The fourth-order valence-electron chi connectivity index (χ4n) is 5.75. The molecule has 1 aromatic carbocycles. The maximum absolute atomic E-state index is 12.7. The van der Waals surface area contributed by atoms with Gasteiger partial charge < -0.3 is 56.0 Å². The molecule has 0 aliphatic carbocycles. The third-order valence-corrected chi connectivity index (χ3v) is 13.0. The molecule has 3 heterocycles. The monoisotopic (exact) mass is 957 g/mol. The zero-order valence-corrected chi connectivity index (χ0v) is 36.3. The number of thioether (sulfide) groups is 1. The van der Waals surface area contributed by atoms with Crippen LogP contribution in [0.2, 0.25) is 0 Å². The number of phosphoric acid groups is 3. The number of fused-ring (bicyclic) bond motifs is 1. The molecule has 1 saturated heterocycles. The lowest BCUT2D eigenvalue weighted by atomic mass is 9.87. The van der Waals surface area contributed by atoms with E-state index in [4.69, 9.17) is 19.5 Å². The Balaban J connectivity index is 1.21. The number of carbonyl (C=O) groups excluding carboxylic acids is 3. The Hall–Kier alpha value is -3.75. The summed E-state index contributed by atoms with van der Waals surface area (Å²) in [5.41, 5.74) is 5.00. The summed E-state index contributed by atoms with van der Waals surface area (Å²) in [6, 6.07) is 8.92. The number of aromatic nitrogens is 4. The van der Waals surface area contributed by atoms with E-state index >= 15 is 0 Å². The molecule has 0 bridgehead atoms. The average molecular weight is 958 g/mol. The molecule has 1 aliphatic rings. The molecule has 1 aliphatic heterocycles. The number of aliphatic carboxylic acids is 1. The van der Waals surface area contributed by atoms with Crippen molar-refractivity contribution in [3.05, 3.63) is 48.5 Å². The fraction of sp³-hybridized carbons (Fsp3) is 0.531. The Morgan fingerprint density at radius 2 is 1.68 bits per heavy atom. The number of imidazole rings is 1. The quantitative estimate of drug-likeness (QED) is 0.0417. The highest BCUT2D eigenvalue weighted by atomic mass is 32.2. The van der Waals surface area contributed by atoms with Crippen molar-refractivity contribution >= 4 is 75.1 Å². The zero-order chi connectivity index (χ0) is 46.0. The molecular formula is C32H46N7O19P3S. The number of aliphatic hydroxyl groups is 2. The van der Waals surface area contributed by atoms with Gasteiger partial charge in [0.1, 0.15) is 36.3 Å². The standard InChI is InChI=1S/C32H46N7O19P3S/c1-32(2,26(44)29(45)35-9-8-21(40)34-10-11-62-31(46)19(13-22(41)42)12-18-6-4-3-5-7-18)15-55-61(52,53)58-60(50,51)54-14-20-25(57-59(47,48)49)24(43)30(56-20)39-17-38-23-27(33)36-16-37-28(23)39/h3-7,16-17,19-20,24-26,30,43-44H,8-15H2,1-2H3,(H,34,40)(H,35,45)(H,41,42)(H,50,51)(H,52,53)(H2,33,36,37)(H2,47,48,49)/t19?,20-,24-,25-,26+,30-/m1/s1. The number of rotatable bonds is 24. The summed E-state index contributed by atoms with van der Waals surface area (Å²) in [5, 5.41) is 35.3. The number of nitrogen functional groups attached to an aromatic ring is 1. The first-order valence-corrected chi connectivity index (χ1v) is 23.7. The summed E-state index contributed by atoms with van der Waals surface area (Å²) in [5.74, 6) is -3.34. The predicted octanol–water partition coefficient (Wildman–Crippen LogP) is -0.00170. The molecule has 0 spiro atoms. The minimum Gasteiger partial charge on any atom is -0.481 e. The molecule has 0 saturated carbocycles. The van der Waals surface area contributed by atoms with Crippen molar-refractivity contribution in [3.8, 4) is 0 Å². The molecule has 30 heteroatoms. The van der Waals surface area contributed by atoms with Gasteiger partial charge in [0, 0.05) is 36.6 Å². The lowest BCUT2D eigenvalue weighted by Crippen LogP contribution is -2.46. The second kappa shape index (κ2) is 21.8. The number of carboxylic acid groups (broad SMARTS) is 1. The van der Waals surface area contributed by atoms with Gasteiger partial charge >= 0.3 is 29.4 Å². The van der Waals surface area contributed by atoms with Crippen LogP contribution in [0.1, 0.15) is 38.5 Å². The predicted molar refractivity (Wildman–Crippen MR) is 213 cm³/mol. The van der Waals surface area contributed by atoms with E-state index in [0.717, 1.165) is 34.5 Å². The van der Waals surface area contributed by atoms with Crippen LogP contribution in [0.25, 0.3) is 11.2 Å². The number of phosphoric ester groups is 3. The van der Waals surface area contributed by atoms with E-state index in [0.29, 0.717) is 0 Å². The molecule has 11 N–H and O–H groups in total. The van der Waals surface area contributed by atoms with Crippen molar-refractivity contribution in [2.24, 2.45) is 11.3 Å². The number of nitrogens with two attached hydrogens (primary N) is 1. The Labute approximate surface area is 356 Å². The number of ether oxygens (including phenoxy) is 1. The molecule has 2 aromatic heterocycles. The van der Waals surface area contributed by atoms with Crippen LogP contribution in [0.4, 0.5) is 5.82 Å². The Morgan fingerprint density at radius 1 is 1.00 bits per heavy atom. The summed E-state index contributed by atoms with van der Waals surface area (Å²) in [4.78, 5) is 100.0. The van der Waals surface area contributed by atoms with Crippen LogP contribution >= 0.6 is 35.2 Å². The lowest BCUT2D eigenvalue weighted by molar-refractivity contribution is -0.139. The summed E-state index contributed by atoms with van der Waals surface area (Å²) >= 11 is 0.876. The number of anilines is 1. The van der Waals surface area contributed by atoms with Gasteiger partial charge in [-0.05, 0) is 12.0 Å². The van der Waals surface area contributed by atoms with E-state index in [1.807, 2.05) is 0 Å². The van der Waals surface area contributed by atoms with E-state index in [-0.39, 0.29) is 60.2 Å². The summed E-state index contributed by atoms with van der Waals surface area (Å²) in [6.07, 6.45) is -7.25. The Morgan fingerprint density at radius 3 is 2.34 bits per heavy atom. The largest absolute Gasteiger partial charge is 0.481 e. The second-order valence-electron chi connectivity index (χ2n) is 14.2. The van der Waals surface area contributed by atoms with Gasteiger partial charge in [-0.2, -0.15) is 4.31 Å². The number of carbonyl (C=O) groups is 4. The molecule has 8 atom stereocenters. The summed E-state index contributed by atoms with van der Waals surface area (Å²) in [7, 11) is -16.5. The number of amides is 2. The fourth-order valence-corrected chi connectivity index (χ4v) is 9.38. The molecule has 3 aromatic rings. The van der Waals surface area contributed by atoms with Gasteiger partial charge in [0.25, 0.3) is 0 Å². The van der Waals surface area contributed by atoms with Gasteiger partial charge in [0.2, 0.25) is 11.8 Å². The highest BCUT2D eigenvalue weighted by Gasteiger charge is 2.50. The van der Waals surface area contributed by atoms with Crippen LogP contribution in [0.15, 0.2) is 43.0 Å². The van der Waals surface area contributed by atoms with Crippen LogP contribution in [-0.2, 0) is 61.9 Å². The van der Waals surface area contributed by atoms with E-state index in [1.54, 1.807) is 30.3 Å². The molecule has 4 rings (SSSR count). The first kappa shape index (κ1) is 50.9. The first-order valence-electron chi connectivity index (χ1n) is 18.2. The van der Waals surface area contributed by atoms with Crippen molar-refractivity contribution in [2.45, 2.75) is 63.8 Å². The van der Waals surface area contributed by atoms with Crippen LogP contribution in [-0.4, -0.2) is 134 Å². The lowest BCUT2D eigenvalue weighted by Gasteiger charge is -2.30. The second-order valence-corrected chi connectivity index (χ2v) is 19.6. The third-order valence-electron chi connectivity index (χ3n) is 8.83. The Kier molecular flexibility index (Phi) is 17.9. The van der Waals surface area contributed by atoms with Crippen LogP contribution in [0, 0.1) is 11.3 Å². The molecule has 2 amide bonds. The SMILES string of the molecule is CC(C)(COP(=O)(O)OP(=O)(O)OC[C@H]1O[C@@H](n2cnc3c(N)ncnc32)[C@H](O)[C@@H]1OP(=O)(O)O)[C@@H](O)C(=O)NCCC(=O)NCCSC(=O)C(CC(=O)O)Cc1ccccc1. The molecule has 26 nitrogen and oxygen atoms in total. The zero-order valence-electron chi connectivity index (χ0n) is 32.8. The van der Waals surface area contributed by atoms with Gasteiger partial charge in [-0.3, -0.25) is 37.3 Å². The topological polar surface area (TPSA) is 401 Å². The van der Waals surface area contributed by atoms with Crippen molar-refractivity contribution < 1.29 is 90.4 Å². The van der Waals surface area contributed by atoms with Crippen molar-refractivity contribution in [3.63, 3.8) is 0 Å². The third kappa shape index (κ3) is 15.2. The molecule has 62 heavy (non-hydrogen) atoms. The maximum Gasteiger partial charge on any atom is 0.481 e. The minimum atomic E-state index is -5.60. The smallest absolute Gasteiger partial charge is 0.481 e. The number of hydrogen-bond acceptors (Lipinski definition) is 19. The molecule has 344 valence electrons. The highest BCUT2D eigenvalue weighted by Crippen LogP contribution is 2.61. The number of benzene rings is 1. The number of aliphatic hydroxyl groups excluding tert-OH is 2. The number of carboxylic acids is 1. The summed E-state index contributed by atoms with van der Waals surface area (Å²) < 4.78 is 62.2. The van der Waals surface area contributed by atoms with Crippen molar-refractivity contribution in [2.75, 3.05) is 37.8 Å². The van der Waals surface area contributed by atoms with Gasteiger partial charge in [-0.15, -0.1) is 0 Å². The molecular weight excluding hydrogens is 911 g/mol. The Bertz CT molecular complexity index is 2200. The van der Waals surface area contributed by atoms with E-state index in [9.17, 15) is 67.8 Å². The number of nitrogens with one attached hydrogen (secondary N) is 2. The van der Waals surface area contributed by atoms with Crippen LogP contribution in [0.5, 0.6) is 0 Å². The van der Waals surface area contributed by atoms with Gasteiger partial charge in [0.05, 0.1) is 26.0 Å². The van der Waals surface area contributed by atoms with Gasteiger partial charge in [-0.1, -0.05) is 55.9 Å². The minimum absolute atomic E-state index is 0.0182. The van der Waals surface area contributed by atoms with E-state index < -0.39 is 96.4 Å². The highest BCUT2D eigenvalue weighted by molar-refractivity contribution is 8.13. The molecule has 0 radical (unpaired) electrons. The van der Waals surface area contributed by atoms with Gasteiger partial charge in [0.15, 0.2) is 22.8 Å². The van der Waals surface area contributed by atoms with Crippen molar-refractivity contribution in [1.29, 1.82) is 0 Å². The van der Waals surface area contributed by atoms with Crippen molar-refractivity contribution in [1.82, 2.24) is 30.2 Å². The normalized spacial score (nSPS) is 21.1. The summed E-state index contributed by atoms with van der Waals surface area (Å²) in [6.45, 7) is 0.165. The molecule has 3 unspecified atom stereocenters. The average Bonchev–Trinajstić information content (AvgIpc) is 3.74. The number of nitrogens with zero attached hydrogens (tertiary/aromatic N) is 4. The van der Waals surface area contributed by atoms with Gasteiger partial charge in [-0.25, -0.2) is 28.6 Å². The maximum atomic E-state index is 12.7. The van der Waals surface area contributed by atoms with Crippen LogP contribution in [0.3, 0.4) is 0 Å².